The van der Waals surface area contributed by atoms with Crippen molar-refractivity contribution in [1.82, 2.24) is 0 Å². The van der Waals surface area contributed by atoms with E-state index >= 15 is 0 Å². The van der Waals surface area contributed by atoms with E-state index in [4.69, 9.17) is 10.00 Å². The molecule has 0 atom stereocenters. The number of nitriles is 1. The third kappa shape index (κ3) is 5.63. The van der Waals surface area contributed by atoms with Crippen LogP contribution in [0.4, 0.5) is 18.9 Å². The minimum Gasteiger partial charge on any atom is -0.455 e. The molecule has 0 spiro atoms. The molecule has 2 aromatic rings. The van der Waals surface area contributed by atoms with Crippen LogP contribution in [0.2, 0.25) is 0 Å². The zero-order valence-corrected chi connectivity index (χ0v) is 13.3. The second kappa shape index (κ2) is 8.16. The van der Waals surface area contributed by atoms with Crippen LogP contribution in [-0.2, 0) is 26.9 Å². The van der Waals surface area contributed by atoms with E-state index in [0.29, 0.717) is 11.3 Å². The zero-order valence-electron chi connectivity index (χ0n) is 13.3. The first-order chi connectivity index (χ1) is 12.3. The van der Waals surface area contributed by atoms with Gasteiger partial charge in [0.25, 0.3) is 5.91 Å². The van der Waals surface area contributed by atoms with Crippen LogP contribution in [0.1, 0.15) is 16.7 Å². The molecule has 0 saturated heterocycles. The molecule has 0 saturated carbocycles. The van der Waals surface area contributed by atoms with Gasteiger partial charge < -0.3 is 10.1 Å². The van der Waals surface area contributed by atoms with Gasteiger partial charge >= 0.3 is 12.1 Å². The van der Waals surface area contributed by atoms with Crippen molar-refractivity contribution in [1.29, 1.82) is 5.26 Å². The second-order valence-corrected chi connectivity index (χ2v) is 5.28. The summed E-state index contributed by atoms with van der Waals surface area (Å²) < 4.78 is 42.7. The quantitative estimate of drug-likeness (QED) is 0.828. The molecule has 0 fully saturated rings. The van der Waals surface area contributed by atoms with Gasteiger partial charge in [0.15, 0.2) is 6.61 Å². The van der Waals surface area contributed by atoms with Crippen molar-refractivity contribution in [2.75, 3.05) is 11.9 Å². The number of hydrogen-bond acceptors (Lipinski definition) is 4. The highest BCUT2D eigenvalue weighted by Gasteiger charge is 2.30. The Morgan fingerprint density at radius 3 is 2.54 bits per heavy atom. The maximum absolute atomic E-state index is 12.6. The Balaban J connectivity index is 1.87. The van der Waals surface area contributed by atoms with Crippen molar-refractivity contribution in [3.05, 3.63) is 65.2 Å². The van der Waals surface area contributed by atoms with E-state index in [0.717, 1.165) is 12.1 Å². The lowest BCUT2D eigenvalue weighted by molar-refractivity contribution is -0.146. The maximum atomic E-state index is 12.6. The van der Waals surface area contributed by atoms with Gasteiger partial charge in [-0.1, -0.05) is 24.3 Å². The molecule has 0 heterocycles. The zero-order chi connectivity index (χ0) is 19.2. The lowest BCUT2D eigenvalue weighted by Gasteiger charge is -2.09. The number of anilines is 1. The van der Waals surface area contributed by atoms with Crippen molar-refractivity contribution in [2.24, 2.45) is 0 Å². The topological polar surface area (TPSA) is 79.2 Å². The molecule has 5 nitrogen and oxygen atoms in total. The summed E-state index contributed by atoms with van der Waals surface area (Å²) in [6.45, 7) is -0.589. The number of hydrogen-bond donors (Lipinski definition) is 1. The van der Waals surface area contributed by atoms with Crippen LogP contribution in [0.5, 0.6) is 0 Å². The molecular formula is C18H13F3N2O3. The Hall–Kier alpha value is -3.34. The molecule has 0 radical (unpaired) electrons. The first-order valence-electron chi connectivity index (χ1n) is 7.39. The van der Waals surface area contributed by atoms with Crippen LogP contribution in [0.25, 0.3) is 0 Å². The average Bonchev–Trinajstić information content (AvgIpc) is 2.59. The average molecular weight is 362 g/mol. The lowest BCUT2D eigenvalue weighted by Crippen LogP contribution is -2.21. The molecule has 0 bridgehead atoms. The molecule has 0 unspecified atom stereocenters. The van der Waals surface area contributed by atoms with E-state index in [1.165, 1.54) is 18.2 Å². The summed E-state index contributed by atoms with van der Waals surface area (Å²) in [5.74, 6) is -1.46. The van der Waals surface area contributed by atoms with E-state index in [9.17, 15) is 22.8 Å². The van der Waals surface area contributed by atoms with E-state index in [2.05, 4.69) is 5.32 Å². The monoisotopic (exact) mass is 362 g/mol. The van der Waals surface area contributed by atoms with E-state index in [1.807, 2.05) is 6.07 Å². The molecule has 2 aromatic carbocycles. The first kappa shape index (κ1) is 19.0. The molecule has 1 N–H and O–H groups in total. The van der Waals surface area contributed by atoms with Crippen LogP contribution in [0.3, 0.4) is 0 Å². The number of carbonyl (C=O) groups is 2. The number of carbonyl (C=O) groups excluding carboxylic acids is 2. The summed E-state index contributed by atoms with van der Waals surface area (Å²) in [7, 11) is 0. The Kier molecular flexibility index (Phi) is 5.96. The summed E-state index contributed by atoms with van der Waals surface area (Å²) in [5.41, 5.74) is -0.0165. The van der Waals surface area contributed by atoms with E-state index in [-0.39, 0.29) is 12.0 Å². The number of amides is 1. The van der Waals surface area contributed by atoms with Gasteiger partial charge in [0.1, 0.15) is 0 Å². The Bertz CT molecular complexity index is 857. The Morgan fingerprint density at radius 2 is 1.85 bits per heavy atom. The van der Waals surface area contributed by atoms with Crippen molar-refractivity contribution in [3.8, 4) is 6.07 Å². The molecule has 2 rings (SSSR count). The number of nitrogens with one attached hydrogen (secondary N) is 1. The van der Waals surface area contributed by atoms with Gasteiger partial charge in [0, 0.05) is 5.69 Å². The molecule has 134 valence electrons. The van der Waals surface area contributed by atoms with Crippen LogP contribution < -0.4 is 5.32 Å². The minimum atomic E-state index is -4.50. The molecule has 0 aliphatic heterocycles. The fraction of sp³-hybridized carbons (Fsp3) is 0.167. The van der Waals surface area contributed by atoms with Gasteiger partial charge in [-0.3, -0.25) is 9.59 Å². The molecule has 0 aliphatic carbocycles. The van der Waals surface area contributed by atoms with E-state index in [1.54, 1.807) is 18.2 Å². The lowest BCUT2D eigenvalue weighted by atomic mass is 10.1. The number of halogens is 3. The van der Waals surface area contributed by atoms with Crippen molar-refractivity contribution in [2.45, 2.75) is 12.6 Å². The van der Waals surface area contributed by atoms with E-state index < -0.39 is 30.2 Å². The third-order valence-corrected chi connectivity index (χ3v) is 3.24. The summed E-state index contributed by atoms with van der Waals surface area (Å²) in [6.07, 6.45) is -4.89. The molecular weight excluding hydrogens is 349 g/mol. The second-order valence-electron chi connectivity index (χ2n) is 5.28. The van der Waals surface area contributed by atoms with Gasteiger partial charge in [-0.15, -0.1) is 0 Å². The van der Waals surface area contributed by atoms with Crippen molar-refractivity contribution >= 4 is 17.6 Å². The standard InChI is InChI=1S/C18H13F3N2O3/c19-18(20,21)14-5-1-3-12(7-14)9-17(25)26-11-16(24)23-15-6-2-4-13(8-15)10-22/h1-8H,9,11H2,(H,23,24). The number of esters is 1. The predicted molar refractivity (Wildman–Crippen MR) is 85.9 cm³/mol. The molecule has 26 heavy (non-hydrogen) atoms. The summed E-state index contributed by atoms with van der Waals surface area (Å²) in [4.78, 5) is 23.4. The van der Waals surface area contributed by atoms with Gasteiger partial charge in [0.05, 0.1) is 23.6 Å². The number of ether oxygens (including phenoxy) is 1. The fourth-order valence-electron chi connectivity index (χ4n) is 2.08. The molecule has 0 aromatic heterocycles. The Labute approximate surface area is 147 Å². The highest BCUT2D eigenvalue weighted by atomic mass is 19.4. The van der Waals surface area contributed by atoms with Gasteiger partial charge in [-0.05, 0) is 29.8 Å². The highest BCUT2D eigenvalue weighted by molar-refractivity contribution is 5.93. The van der Waals surface area contributed by atoms with Crippen molar-refractivity contribution in [3.63, 3.8) is 0 Å². The number of alkyl halides is 3. The maximum Gasteiger partial charge on any atom is 0.416 e. The molecule has 0 aliphatic rings. The number of nitrogens with zero attached hydrogens (tertiary/aromatic N) is 1. The normalized spacial score (nSPS) is 10.7. The summed E-state index contributed by atoms with van der Waals surface area (Å²) in [6, 6.07) is 12.4. The van der Waals surface area contributed by atoms with Gasteiger partial charge in [-0.2, -0.15) is 18.4 Å². The third-order valence-electron chi connectivity index (χ3n) is 3.24. The molecule has 8 heteroatoms. The summed E-state index contributed by atoms with van der Waals surface area (Å²) >= 11 is 0. The first-order valence-corrected chi connectivity index (χ1v) is 7.39. The van der Waals surface area contributed by atoms with Crippen LogP contribution in [0, 0.1) is 11.3 Å². The SMILES string of the molecule is N#Cc1cccc(NC(=O)COC(=O)Cc2cccc(C(F)(F)F)c2)c1. The fourth-order valence-corrected chi connectivity index (χ4v) is 2.08. The van der Waals surface area contributed by atoms with Gasteiger partial charge in [0.2, 0.25) is 0 Å². The van der Waals surface area contributed by atoms with Crippen LogP contribution in [-0.4, -0.2) is 18.5 Å². The van der Waals surface area contributed by atoms with Crippen molar-refractivity contribution < 1.29 is 27.5 Å². The van der Waals surface area contributed by atoms with Gasteiger partial charge in [-0.25, -0.2) is 0 Å². The van der Waals surface area contributed by atoms with Crippen LogP contribution in [0.15, 0.2) is 48.5 Å². The number of benzene rings is 2. The smallest absolute Gasteiger partial charge is 0.416 e. The summed E-state index contributed by atoms with van der Waals surface area (Å²) in [5, 5.41) is 11.2. The minimum absolute atomic E-state index is 0.131. The molecule has 1 amide bonds. The number of rotatable bonds is 5. The largest absolute Gasteiger partial charge is 0.455 e. The Morgan fingerprint density at radius 1 is 1.12 bits per heavy atom. The predicted octanol–water partition coefficient (Wildman–Crippen LogP) is 3.30. The van der Waals surface area contributed by atoms with Crippen LogP contribution >= 0.6 is 0 Å². The highest BCUT2D eigenvalue weighted by Crippen LogP contribution is 2.29.